The molecule has 0 amide bonds. The summed E-state index contributed by atoms with van der Waals surface area (Å²) < 4.78 is 1.09. The quantitative estimate of drug-likeness (QED) is 0.870. The van der Waals surface area contributed by atoms with Crippen molar-refractivity contribution in [1.82, 2.24) is 4.90 Å². The Bertz CT molecular complexity index is 404. The highest BCUT2D eigenvalue weighted by Gasteiger charge is 2.15. The van der Waals surface area contributed by atoms with Crippen LogP contribution in [0.5, 0.6) is 0 Å². The number of hydrogen-bond donors (Lipinski definition) is 1. The van der Waals surface area contributed by atoms with Gasteiger partial charge in [-0.3, -0.25) is 0 Å². The second kappa shape index (κ2) is 7.27. The fourth-order valence-electron chi connectivity index (χ4n) is 2.44. The highest BCUT2D eigenvalue weighted by atomic mass is 79.9. The van der Waals surface area contributed by atoms with Crippen LogP contribution in [0, 0.1) is 0 Å². The van der Waals surface area contributed by atoms with Gasteiger partial charge in [-0.15, -0.1) is 0 Å². The molecule has 1 rings (SSSR count). The molecule has 0 spiro atoms. The van der Waals surface area contributed by atoms with E-state index >= 15 is 0 Å². The molecule has 4 heteroatoms. The largest absolute Gasteiger partial charge is 0.368 e. The number of nitrogens with zero attached hydrogens (tertiary/aromatic N) is 2. The summed E-state index contributed by atoms with van der Waals surface area (Å²) in [6.45, 7) is 8.50. The van der Waals surface area contributed by atoms with Crippen molar-refractivity contribution < 1.29 is 0 Å². The van der Waals surface area contributed by atoms with Gasteiger partial charge in [0.25, 0.3) is 0 Å². The molecule has 0 aromatic heterocycles. The van der Waals surface area contributed by atoms with Gasteiger partial charge in [-0.2, -0.15) is 0 Å². The number of hydrogen-bond acceptors (Lipinski definition) is 3. The minimum Gasteiger partial charge on any atom is -0.368 e. The Hall–Kier alpha value is -0.580. The predicted molar refractivity (Wildman–Crippen MR) is 87.8 cm³/mol. The number of rotatable bonds is 6. The third-order valence-corrected chi connectivity index (χ3v) is 4.00. The van der Waals surface area contributed by atoms with Crippen LogP contribution in [0.25, 0.3) is 0 Å². The van der Waals surface area contributed by atoms with Crippen LogP contribution in [-0.2, 0) is 0 Å². The van der Waals surface area contributed by atoms with Crippen LogP contribution < -0.4 is 10.6 Å². The lowest BCUT2D eigenvalue weighted by Gasteiger charge is -2.32. The Morgan fingerprint density at radius 3 is 2.32 bits per heavy atom. The molecule has 0 saturated heterocycles. The smallest absolute Gasteiger partial charge is 0.0388 e. The van der Waals surface area contributed by atoms with E-state index in [1.807, 2.05) is 6.92 Å². The van der Waals surface area contributed by atoms with Gasteiger partial charge < -0.3 is 15.5 Å². The fraction of sp³-hybridized carbons (Fsp3) is 0.600. The highest BCUT2D eigenvalue weighted by molar-refractivity contribution is 9.10. The third kappa shape index (κ3) is 4.48. The van der Waals surface area contributed by atoms with E-state index in [0.717, 1.165) is 23.1 Å². The number of anilines is 1. The molecule has 3 nitrogen and oxygen atoms in total. The first-order chi connectivity index (χ1) is 8.86. The molecule has 0 bridgehead atoms. The Kier molecular flexibility index (Phi) is 6.30. The molecule has 0 aliphatic rings. The molecule has 0 fully saturated rings. The molecule has 19 heavy (non-hydrogen) atoms. The molecule has 108 valence electrons. The van der Waals surface area contributed by atoms with Crippen LogP contribution in [0.1, 0.15) is 32.4 Å². The summed E-state index contributed by atoms with van der Waals surface area (Å²) in [7, 11) is 4.22. The second-order valence-electron chi connectivity index (χ2n) is 5.39. The van der Waals surface area contributed by atoms with Crippen molar-refractivity contribution in [3.05, 3.63) is 28.2 Å². The molecule has 1 aromatic rings. The average molecular weight is 328 g/mol. The van der Waals surface area contributed by atoms with Crippen LogP contribution >= 0.6 is 15.9 Å². The number of halogens is 1. The summed E-state index contributed by atoms with van der Waals surface area (Å²) in [4.78, 5) is 4.63. The zero-order valence-electron chi connectivity index (χ0n) is 12.7. The minimum atomic E-state index is 0.0534. The van der Waals surface area contributed by atoms with Gasteiger partial charge in [0, 0.05) is 35.3 Å². The van der Waals surface area contributed by atoms with Crippen molar-refractivity contribution >= 4 is 21.6 Å². The van der Waals surface area contributed by atoms with Crippen LogP contribution in [0.15, 0.2) is 22.7 Å². The maximum absolute atomic E-state index is 5.95. The Morgan fingerprint density at radius 1 is 1.26 bits per heavy atom. The summed E-state index contributed by atoms with van der Waals surface area (Å²) in [5.41, 5.74) is 8.35. The van der Waals surface area contributed by atoms with Crippen molar-refractivity contribution in [3.63, 3.8) is 0 Å². The van der Waals surface area contributed by atoms with Gasteiger partial charge in [-0.05, 0) is 52.6 Å². The van der Waals surface area contributed by atoms with Crippen molar-refractivity contribution in [2.24, 2.45) is 5.73 Å². The van der Waals surface area contributed by atoms with Crippen LogP contribution in [0.2, 0.25) is 0 Å². The first-order valence-electron chi connectivity index (χ1n) is 6.83. The lowest BCUT2D eigenvalue weighted by Crippen LogP contribution is -2.40. The predicted octanol–water partition coefficient (Wildman–Crippen LogP) is 3.25. The molecule has 0 aliphatic carbocycles. The topological polar surface area (TPSA) is 32.5 Å². The molecule has 1 aromatic carbocycles. The van der Waals surface area contributed by atoms with Crippen molar-refractivity contribution in [1.29, 1.82) is 0 Å². The number of nitrogens with two attached hydrogens (primary N) is 1. The molecule has 0 radical (unpaired) electrons. The number of likely N-dealkylation sites (N-methyl/N-ethyl adjacent to an activating group) is 2. The molecule has 2 N–H and O–H groups in total. The molecule has 0 aliphatic heterocycles. The lowest BCUT2D eigenvalue weighted by molar-refractivity contribution is 0.373. The molecular formula is C15H26BrN3. The second-order valence-corrected chi connectivity index (χ2v) is 6.25. The van der Waals surface area contributed by atoms with Crippen molar-refractivity contribution in [2.75, 3.05) is 32.1 Å². The van der Waals surface area contributed by atoms with Gasteiger partial charge in [-0.25, -0.2) is 0 Å². The van der Waals surface area contributed by atoms with Crippen molar-refractivity contribution in [3.8, 4) is 0 Å². The first-order valence-corrected chi connectivity index (χ1v) is 7.62. The molecule has 2 unspecified atom stereocenters. The van der Waals surface area contributed by atoms with E-state index < -0.39 is 0 Å². The van der Waals surface area contributed by atoms with E-state index in [1.54, 1.807) is 0 Å². The van der Waals surface area contributed by atoms with Gasteiger partial charge in [-0.1, -0.05) is 22.0 Å². The summed E-state index contributed by atoms with van der Waals surface area (Å²) >= 11 is 3.63. The normalized spacial score (nSPS) is 14.5. The van der Waals surface area contributed by atoms with Gasteiger partial charge in [0.15, 0.2) is 0 Å². The van der Waals surface area contributed by atoms with Gasteiger partial charge in [0.05, 0.1) is 0 Å². The van der Waals surface area contributed by atoms with E-state index in [2.05, 4.69) is 71.9 Å². The lowest BCUT2D eigenvalue weighted by atomic mass is 10.1. The molecule has 0 saturated carbocycles. The highest BCUT2D eigenvalue weighted by Crippen LogP contribution is 2.28. The maximum atomic E-state index is 5.95. The van der Waals surface area contributed by atoms with Crippen LogP contribution in [-0.4, -0.2) is 38.1 Å². The summed E-state index contributed by atoms with van der Waals surface area (Å²) in [5.74, 6) is 0. The van der Waals surface area contributed by atoms with E-state index in [4.69, 9.17) is 5.73 Å². The van der Waals surface area contributed by atoms with Gasteiger partial charge in [0.1, 0.15) is 0 Å². The maximum Gasteiger partial charge on any atom is 0.0388 e. The summed E-state index contributed by atoms with van der Waals surface area (Å²) in [5, 5.41) is 0. The average Bonchev–Trinajstić information content (AvgIpc) is 2.28. The van der Waals surface area contributed by atoms with E-state index in [9.17, 15) is 0 Å². The Balaban J connectivity index is 2.96. The number of benzene rings is 1. The van der Waals surface area contributed by atoms with E-state index in [0.29, 0.717) is 6.04 Å². The summed E-state index contributed by atoms with van der Waals surface area (Å²) in [6.07, 6.45) is 0. The van der Waals surface area contributed by atoms with Gasteiger partial charge >= 0.3 is 0 Å². The van der Waals surface area contributed by atoms with E-state index in [1.165, 1.54) is 5.69 Å². The Morgan fingerprint density at radius 2 is 1.89 bits per heavy atom. The van der Waals surface area contributed by atoms with Crippen molar-refractivity contribution in [2.45, 2.75) is 32.9 Å². The first kappa shape index (κ1) is 16.5. The monoisotopic (exact) mass is 327 g/mol. The molecular weight excluding hydrogens is 302 g/mol. The SMILES string of the molecule is CCN(c1ccc(C(C)N)c(Br)c1)C(C)CN(C)C. The van der Waals surface area contributed by atoms with Gasteiger partial charge in [0.2, 0.25) is 0 Å². The third-order valence-electron chi connectivity index (χ3n) is 3.31. The zero-order chi connectivity index (χ0) is 14.6. The fourth-order valence-corrected chi connectivity index (χ4v) is 3.17. The minimum absolute atomic E-state index is 0.0534. The molecule has 0 heterocycles. The van der Waals surface area contributed by atoms with E-state index in [-0.39, 0.29) is 6.04 Å². The standard InChI is InChI=1S/C15H26BrN3/c1-6-19(11(2)10-18(4)5)13-7-8-14(12(3)17)15(16)9-13/h7-9,11-12H,6,10,17H2,1-5H3. The Labute approximate surface area is 125 Å². The zero-order valence-corrected chi connectivity index (χ0v) is 14.2. The summed E-state index contributed by atoms with van der Waals surface area (Å²) in [6, 6.07) is 6.99. The molecule has 2 atom stereocenters. The van der Waals surface area contributed by atoms with Crippen LogP contribution in [0.4, 0.5) is 5.69 Å². The van der Waals surface area contributed by atoms with Crippen LogP contribution in [0.3, 0.4) is 0 Å².